The SMILES string of the molecule is CS(=O)(=O)Nc1ccc([N+](=O)[O-])c(OC2CC2)c1. The van der Waals surface area contributed by atoms with Crippen molar-refractivity contribution >= 4 is 21.4 Å². The number of nitro benzene ring substituents is 1. The standard InChI is InChI=1S/C10H12N2O5S/c1-18(15,16)11-7-2-5-9(12(13)14)10(6-7)17-8-3-4-8/h2,5-6,8,11H,3-4H2,1H3. The Hall–Kier alpha value is -1.83. The van der Waals surface area contributed by atoms with Gasteiger partial charge in [0.15, 0.2) is 5.75 Å². The number of hydrogen-bond acceptors (Lipinski definition) is 5. The van der Waals surface area contributed by atoms with Gasteiger partial charge in [-0.25, -0.2) is 8.42 Å². The molecule has 0 aromatic heterocycles. The number of sulfonamides is 1. The van der Waals surface area contributed by atoms with E-state index in [-0.39, 0.29) is 23.2 Å². The lowest BCUT2D eigenvalue weighted by Gasteiger charge is -2.08. The minimum atomic E-state index is -3.42. The van der Waals surface area contributed by atoms with Crippen molar-refractivity contribution in [3.05, 3.63) is 28.3 Å². The number of nitrogens with zero attached hydrogens (tertiary/aromatic N) is 1. The predicted molar refractivity (Wildman–Crippen MR) is 65.2 cm³/mol. The van der Waals surface area contributed by atoms with E-state index in [9.17, 15) is 18.5 Å². The molecule has 18 heavy (non-hydrogen) atoms. The van der Waals surface area contributed by atoms with Gasteiger partial charge in [0.2, 0.25) is 10.0 Å². The zero-order valence-corrected chi connectivity index (χ0v) is 10.4. The molecule has 0 bridgehead atoms. The Labute approximate surface area is 104 Å². The number of nitrogens with one attached hydrogen (secondary N) is 1. The van der Waals surface area contributed by atoms with Gasteiger partial charge in [-0.15, -0.1) is 0 Å². The Kier molecular flexibility index (Phi) is 3.12. The molecule has 7 nitrogen and oxygen atoms in total. The highest BCUT2D eigenvalue weighted by Gasteiger charge is 2.27. The summed E-state index contributed by atoms with van der Waals surface area (Å²) < 4.78 is 29.8. The summed E-state index contributed by atoms with van der Waals surface area (Å²) in [5.74, 6) is 0.0937. The van der Waals surface area contributed by atoms with E-state index in [1.807, 2.05) is 0 Å². The second kappa shape index (κ2) is 4.45. The molecule has 1 aliphatic carbocycles. The molecule has 0 unspecified atom stereocenters. The van der Waals surface area contributed by atoms with Crippen LogP contribution in [0.25, 0.3) is 0 Å². The van der Waals surface area contributed by atoms with Crippen LogP contribution in [0.3, 0.4) is 0 Å². The summed E-state index contributed by atoms with van der Waals surface area (Å²) >= 11 is 0. The summed E-state index contributed by atoms with van der Waals surface area (Å²) in [5.41, 5.74) is 0.0831. The van der Waals surface area contributed by atoms with Crippen LogP contribution in [0.4, 0.5) is 11.4 Å². The van der Waals surface area contributed by atoms with Gasteiger partial charge in [0.25, 0.3) is 0 Å². The molecule has 1 saturated carbocycles. The highest BCUT2D eigenvalue weighted by Crippen LogP contribution is 2.35. The molecule has 2 rings (SSSR count). The first-order chi connectivity index (χ1) is 8.35. The fourth-order valence-electron chi connectivity index (χ4n) is 1.40. The van der Waals surface area contributed by atoms with Gasteiger partial charge in [0.1, 0.15) is 0 Å². The van der Waals surface area contributed by atoms with E-state index in [0.29, 0.717) is 0 Å². The van der Waals surface area contributed by atoms with E-state index in [2.05, 4.69) is 4.72 Å². The fourth-order valence-corrected chi connectivity index (χ4v) is 1.96. The molecule has 8 heteroatoms. The first-order valence-corrected chi connectivity index (χ1v) is 7.17. The van der Waals surface area contributed by atoms with E-state index < -0.39 is 14.9 Å². The van der Waals surface area contributed by atoms with Gasteiger partial charge in [-0.2, -0.15) is 0 Å². The van der Waals surface area contributed by atoms with Gasteiger partial charge in [-0.1, -0.05) is 0 Å². The van der Waals surface area contributed by atoms with Crippen LogP contribution in [0.1, 0.15) is 12.8 Å². The molecule has 0 radical (unpaired) electrons. The third kappa shape index (κ3) is 3.33. The normalized spacial score (nSPS) is 15.2. The third-order valence-corrected chi connectivity index (χ3v) is 2.88. The maximum atomic E-state index is 11.1. The van der Waals surface area contributed by atoms with Crippen LogP contribution in [-0.2, 0) is 10.0 Å². The van der Waals surface area contributed by atoms with Crippen molar-refractivity contribution < 1.29 is 18.1 Å². The quantitative estimate of drug-likeness (QED) is 0.647. The fraction of sp³-hybridized carbons (Fsp3) is 0.400. The largest absolute Gasteiger partial charge is 0.483 e. The van der Waals surface area contributed by atoms with Crippen LogP contribution in [-0.4, -0.2) is 25.7 Å². The average molecular weight is 272 g/mol. The maximum Gasteiger partial charge on any atom is 0.311 e. The smallest absolute Gasteiger partial charge is 0.311 e. The molecule has 0 atom stereocenters. The van der Waals surface area contributed by atoms with Gasteiger partial charge in [0, 0.05) is 12.1 Å². The van der Waals surface area contributed by atoms with Gasteiger partial charge in [-0.3, -0.25) is 14.8 Å². The molecule has 1 aromatic carbocycles. The summed E-state index contributed by atoms with van der Waals surface area (Å²) in [5, 5.41) is 10.8. The number of rotatable bonds is 5. The van der Waals surface area contributed by atoms with Gasteiger partial charge in [0.05, 0.1) is 23.0 Å². The lowest BCUT2D eigenvalue weighted by Crippen LogP contribution is -2.10. The van der Waals surface area contributed by atoms with Crippen LogP contribution in [0.5, 0.6) is 5.75 Å². The van der Waals surface area contributed by atoms with Crippen molar-refractivity contribution in [3.8, 4) is 5.75 Å². The first-order valence-electron chi connectivity index (χ1n) is 5.28. The second-order valence-corrected chi connectivity index (χ2v) is 5.88. The van der Waals surface area contributed by atoms with Crippen LogP contribution in [0.15, 0.2) is 18.2 Å². The minimum Gasteiger partial charge on any atom is -0.483 e. The van der Waals surface area contributed by atoms with E-state index >= 15 is 0 Å². The molecule has 98 valence electrons. The summed E-state index contributed by atoms with van der Waals surface area (Å²) in [6.45, 7) is 0. The molecule has 1 aromatic rings. The molecule has 1 fully saturated rings. The van der Waals surface area contributed by atoms with E-state index in [1.54, 1.807) is 0 Å². The molecule has 1 aliphatic rings. The average Bonchev–Trinajstić information content (AvgIpc) is 2.98. The summed E-state index contributed by atoms with van der Waals surface area (Å²) in [4.78, 5) is 10.3. The molecule has 0 heterocycles. The van der Waals surface area contributed by atoms with Crippen molar-refractivity contribution in [1.82, 2.24) is 0 Å². The van der Waals surface area contributed by atoms with Crippen LogP contribution in [0.2, 0.25) is 0 Å². The third-order valence-electron chi connectivity index (χ3n) is 2.28. The lowest BCUT2D eigenvalue weighted by molar-refractivity contribution is -0.385. The summed E-state index contributed by atoms with van der Waals surface area (Å²) in [6, 6.07) is 3.89. The monoisotopic (exact) mass is 272 g/mol. The highest BCUT2D eigenvalue weighted by molar-refractivity contribution is 7.92. The summed E-state index contributed by atoms with van der Waals surface area (Å²) in [6.07, 6.45) is 2.73. The van der Waals surface area contributed by atoms with E-state index in [0.717, 1.165) is 19.1 Å². The van der Waals surface area contributed by atoms with Gasteiger partial charge >= 0.3 is 5.69 Å². The highest BCUT2D eigenvalue weighted by atomic mass is 32.2. The maximum absolute atomic E-state index is 11.1. The Morgan fingerprint density at radius 1 is 1.44 bits per heavy atom. The molecule has 1 N–H and O–H groups in total. The molecule has 0 aliphatic heterocycles. The Morgan fingerprint density at radius 2 is 2.11 bits per heavy atom. The molecule has 0 amide bonds. The molecular formula is C10H12N2O5S. The Bertz CT molecular complexity index is 580. The number of hydrogen-bond donors (Lipinski definition) is 1. The zero-order valence-electron chi connectivity index (χ0n) is 9.62. The first kappa shape index (κ1) is 12.6. The molecular weight excluding hydrogens is 260 g/mol. The Balaban J connectivity index is 2.31. The van der Waals surface area contributed by atoms with Crippen LogP contribution < -0.4 is 9.46 Å². The Morgan fingerprint density at radius 3 is 2.61 bits per heavy atom. The van der Waals surface area contributed by atoms with Crippen molar-refractivity contribution in [2.45, 2.75) is 18.9 Å². The van der Waals surface area contributed by atoms with Crippen molar-refractivity contribution in [1.29, 1.82) is 0 Å². The van der Waals surface area contributed by atoms with Crippen molar-refractivity contribution in [2.24, 2.45) is 0 Å². The van der Waals surface area contributed by atoms with Crippen LogP contribution >= 0.6 is 0 Å². The topological polar surface area (TPSA) is 98.5 Å². The number of ether oxygens (including phenoxy) is 1. The van der Waals surface area contributed by atoms with E-state index in [4.69, 9.17) is 4.74 Å². The van der Waals surface area contributed by atoms with E-state index in [1.165, 1.54) is 18.2 Å². The minimum absolute atomic E-state index is 0.00261. The number of benzene rings is 1. The van der Waals surface area contributed by atoms with Crippen molar-refractivity contribution in [3.63, 3.8) is 0 Å². The molecule has 0 spiro atoms. The number of nitro groups is 1. The summed E-state index contributed by atoms with van der Waals surface area (Å²) in [7, 11) is -3.42. The van der Waals surface area contributed by atoms with Gasteiger partial charge in [-0.05, 0) is 18.9 Å². The van der Waals surface area contributed by atoms with Gasteiger partial charge < -0.3 is 4.74 Å². The second-order valence-electron chi connectivity index (χ2n) is 4.13. The van der Waals surface area contributed by atoms with Crippen molar-refractivity contribution in [2.75, 3.05) is 11.0 Å². The zero-order chi connectivity index (χ0) is 13.3. The van der Waals surface area contributed by atoms with Crippen LogP contribution in [0, 0.1) is 10.1 Å². The lowest BCUT2D eigenvalue weighted by atomic mass is 10.2. The predicted octanol–water partition coefficient (Wildman–Crippen LogP) is 1.51. The molecule has 0 saturated heterocycles. The number of anilines is 1.